The number of piperidine rings is 1. The average molecular weight is 295 g/mol. The van der Waals surface area contributed by atoms with Crippen molar-refractivity contribution in [2.45, 2.75) is 19.8 Å². The molecule has 6 heteroatoms. The second kappa shape index (κ2) is 6.85. The van der Waals surface area contributed by atoms with Crippen molar-refractivity contribution >= 4 is 23.2 Å². The highest BCUT2D eigenvalue weighted by molar-refractivity contribution is 7.12. The van der Waals surface area contributed by atoms with Gasteiger partial charge in [0.1, 0.15) is 0 Å². The fourth-order valence-electron chi connectivity index (χ4n) is 2.45. The summed E-state index contributed by atoms with van der Waals surface area (Å²) in [6, 6.07) is 1.95. The molecule has 2 amide bonds. The highest BCUT2D eigenvalue weighted by atomic mass is 32.1. The monoisotopic (exact) mass is 295 g/mol. The Labute approximate surface area is 123 Å². The van der Waals surface area contributed by atoms with E-state index >= 15 is 0 Å². The molecule has 1 atom stereocenters. The van der Waals surface area contributed by atoms with E-state index in [2.05, 4.69) is 5.32 Å². The Kier molecular flexibility index (Phi) is 5.14. The van der Waals surface area contributed by atoms with Crippen LogP contribution < -0.4 is 11.1 Å². The summed E-state index contributed by atoms with van der Waals surface area (Å²) < 4.78 is 0. The van der Waals surface area contributed by atoms with Crippen molar-refractivity contribution in [2.24, 2.45) is 11.7 Å². The van der Waals surface area contributed by atoms with Crippen LogP contribution in [0.3, 0.4) is 0 Å². The van der Waals surface area contributed by atoms with Crippen LogP contribution in [0.4, 0.5) is 0 Å². The Morgan fingerprint density at radius 2 is 2.35 bits per heavy atom. The van der Waals surface area contributed by atoms with Crippen LogP contribution in [0.2, 0.25) is 0 Å². The first-order valence-electron chi connectivity index (χ1n) is 6.94. The lowest BCUT2D eigenvalue weighted by atomic mass is 9.97. The van der Waals surface area contributed by atoms with Crippen LogP contribution in [-0.4, -0.2) is 42.9 Å². The van der Waals surface area contributed by atoms with Crippen molar-refractivity contribution in [3.05, 3.63) is 21.9 Å². The molecular weight excluding hydrogens is 274 g/mol. The first-order valence-corrected chi connectivity index (χ1v) is 7.82. The molecule has 5 nitrogen and oxygen atoms in total. The van der Waals surface area contributed by atoms with E-state index in [4.69, 9.17) is 5.73 Å². The van der Waals surface area contributed by atoms with Gasteiger partial charge in [-0.25, -0.2) is 0 Å². The van der Waals surface area contributed by atoms with Gasteiger partial charge < -0.3 is 16.0 Å². The molecule has 0 radical (unpaired) electrons. The lowest BCUT2D eigenvalue weighted by Crippen LogP contribution is -2.46. The molecular formula is C14H21N3O2S. The zero-order valence-corrected chi connectivity index (χ0v) is 12.5. The molecule has 2 rings (SSSR count). The SMILES string of the molecule is Cc1ccsc1C(=O)N1CCCC(C(=O)NCCN)C1. The molecule has 0 aromatic carbocycles. The third-order valence-corrected chi connectivity index (χ3v) is 4.58. The summed E-state index contributed by atoms with van der Waals surface area (Å²) in [7, 11) is 0. The maximum Gasteiger partial charge on any atom is 0.264 e. The number of thiophene rings is 1. The lowest BCUT2D eigenvalue weighted by molar-refractivity contribution is -0.126. The molecule has 1 aromatic rings. The van der Waals surface area contributed by atoms with Crippen molar-refractivity contribution in [3.8, 4) is 0 Å². The van der Waals surface area contributed by atoms with Crippen LogP contribution in [-0.2, 0) is 4.79 Å². The van der Waals surface area contributed by atoms with E-state index in [-0.39, 0.29) is 17.7 Å². The Balaban J connectivity index is 1.98. The van der Waals surface area contributed by atoms with Crippen molar-refractivity contribution in [3.63, 3.8) is 0 Å². The molecule has 20 heavy (non-hydrogen) atoms. The molecule has 1 fully saturated rings. The Hall–Kier alpha value is -1.40. The Morgan fingerprint density at radius 1 is 1.55 bits per heavy atom. The van der Waals surface area contributed by atoms with Gasteiger partial charge in [-0.15, -0.1) is 11.3 Å². The number of nitrogens with one attached hydrogen (secondary N) is 1. The zero-order valence-electron chi connectivity index (χ0n) is 11.7. The first kappa shape index (κ1) is 15.0. The number of aryl methyl sites for hydroxylation is 1. The van der Waals surface area contributed by atoms with Crippen molar-refractivity contribution < 1.29 is 9.59 Å². The van der Waals surface area contributed by atoms with Crippen molar-refractivity contribution in [2.75, 3.05) is 26.2 Å². The van der Waals surface area contributed by atoms with Gasteiger partial charge in [0.05, 0.1) is 10.8 Å². The normalized spacial score (nSPS) is 18.9. The summed E-state index contributed by atoms with van der Waals surface area (Å²) in [6.45, 7) is 4.12. The summed E-state index contributed by atoms with van der Waals surface area (Å²) in [5, 5.41) is 4.74. The van der Waals surface area contributed by atoms with E-state index in [0.29, 0.717) is 19.6 Å². The quantitative estimate of drug-likeness (QED) is 0.869. The summed E-state index contributed by atoms with van der Waals surface area (Å²) in [5.74, 6) is -0.0517. The van der Waals surface area contributed by atoms with Gasteiger partial charge in [0.25, 0.3) is 5.91 Å². The molecule has 1 saturated heterocycles. The van der Waals surface area contributed by atoms with Crippen LogP contribution in [0.1, 0.15) is 28.1 Å². The van der Waals surface area contributed by atoms with E-state index in [9.17, 15) is 9.59 Å². The highest BCUT2D eigenvalue weighted by Gasteiger charge is 2.29. The van der Waals surface area contributed by atoms with Gasteiger partial charge in [0.15, 0.2) is 0 Å². The van der Waals surface area contributed by atoms with Gasteiger partial charge >= 0.3 is 0 Å². The third kappa shape index (κ3) is 3.37. The van der Waals surface area contributed by atoms with Gasteiger partial charge in [-0.3, -0.25) is 9.59 Å². The predicted octanol–water partition coefficient (Wildman–Crippen LogP) is 0.984. The summed E-state index contributed by atoms with van der Waals surface area (Å²) in [5.41, 5.74) is 6.39. The van der Waals surface area contributed by atoms with Crippen LogP contribution in [0.5, 0.6) is 0 Å². The van der Waals surface area contributed by atoms with E-state index in [1.54, 1.807) is 4.90 Å². The van der Waals surface area contributed by atoms with Gasteiger partial charge in [0, 0.05) is 26.2 Å². The number of nitrogens with two attached hydrogens (primary N) is 1. The number of hydrogen-bond acceptors (Lipinski definition) is 4. The number of carbonyl (C=O) groups excluding carboxylic acids is 2. The summed E-state index contributed by atoms with van der Waals surface area (Å²) in [4.78, 5) is 27.0. The molecule has 0 spiro atoms. The fourth-order valence-corrected chi connectivity index (χ4v) is 3.34. The van der Waals surface area contributed by atoms with Crippen molar-refractivity contribution in [1.29, 1.82) is 0 Å². The molecule has 2 heterocycles. The molecule has 1 aliphatic heterocycles. The lowest BCUT2D eigenvalue weighted by Gasteiger charge is -2.32. The number of hydrogen-bond donors (Lipinski definition) is 2. The zero-order chi connectivity index (χ0) is 14.5. The maximum absolute atomic E-state index is 12.4. The van der Waals surface area contributed by atoms with Crippen LogP contribution in [0.25, 0.3) is 0 Å². The minimum atomic E-state index is -0.112. The van der Waals surface area contributed by atoms with Gasteiger partial charge in [0.2, 0.25) is 5.91 Å². The number of carbonyl (C=O) groups is 2. The standard InChI is InChI=1S/C14H21N3O2S/c1-10-4-8-20-12(10)14(19)17-7-2-3-11(9-17)13(18)16-6-5-15/h4,8,11H,2-3,5-7,9,15H2,1H3,(H,16,18). The Morgan fingerprint density at radius 3 is 3.00 bits per heavy atom. The van der Waals surface area contributed by atoms with E-state index in [1.807, 2.05) is 18.4 Å². The predicted molar refractivity (Wildman–Crippen MR) is 79.7 cm³/mol. The molecule has 3 N–H and O–H groups in total. The van der Waals surface area contributed by atoms with E-state index in [0.717, 1.165) is 29.8 Å². The summed E-state index contributed by atoms with van der Waals surface area (Å²) in [6.07, 6.45) is 1.71. The minimum absolute atomic E-state index is 0.0100. The smallest absolute Gasteiger partial charge is 0.264 e. The molecule has 110 valence electrons. The maximum atomic E-state index is 12.4. The molecule has 0 aliphatic carbocycles. The fraction of sp³-hybridized carbons (Fsp3) is 0.571. The highest BCUT2D eigenvalue weighted by Crippen LogP contribution is 2.22. The topological polar surface area (TPSA) is 75.4 Å². The molecule has 1 aromatic heterocycles. The van der Waals surface area contributed by atoms with Gasteiger partial charge in [-0.05, 0) is 36.8 Å². The first-order chi connectivity index (χ1) is 9.63. The summed E-state index contributed by atoms with van der Waals surface area (Å²) >= 11 is 1.47. The van der Waals surface area contributed by atoms with Crippen LogP contribution in [0.15, 0.2) is 11.4 Å². The largest absolute Gasteiger partial charge is 0.355 e. The molecule has 0 bridgehead atoms. The van der Waals surface area contributed by atoms with Gasteiger partial charge in [-0.2, -0.15) is 0 Å². The van der Waals surface area contributed by atoms with E-state index < -0.39 is 0 Å². The third-order valence-electron chi connectivity index (χ3n) is 3.58. The van der Waals surface area contributed by atoms with E-state index in [1.165, 1.54) is 11.3 Å². The van der Waals surface area contributed by atoms with Crippen molar-refractivity contribution in [1.82, 2.24) is 10.2 Å². The number of amides is 2. The van der Waals surface area contributed by atoms with Gasteiger partial charge in [-0.1, -0.05) is 0 Å². The molecule has 1 unspecified atom stereocenters. The minimum Gasteiger partial charge on any atom is -0.355 e. The molecule has 1 aliphatic rings. The number of nitrogens with zero attached hydrogens (tertiary/aromatic N) is 1. The van der Waals surface area contributed by atoms with Crippen LogP contribution in [0, 0.1) is 12.8 Å². The van der Waals surface area contributed by atoms with Crippen LogP contribution >= 0.6 is 11.3 Å². The Bertz CT molecular complexity index is 487. The second-order valence-electron chi connectivity index (χ2n) is 5.10. The number of rotatable bonds is 4. The number of likely N-dealkylation sites (tertiary alicyclic amines) is 1. The average Bonchev–Trinajstić information content (AvgIpc) is 2.90. The molecule has 0 saturated carbocycles. The second-order valence-corrected chi connectivity index (χ2v) is 6.02.